The molecule has 2 amide bonds. The van der Waals surface area contributed by atoms with Gasteiger partial charge >= 0.3 is 5.97 Å². The quantitative estimate of drug-likeness (QED) is 0.655. The molecule has 1 aliphatic heterocycles. The summed E-state index contributed by atoms with van der Waals surface area (Å²) in [6.45, 7) is 0.0431. The van der Waals surface area contributed by atoms with Crippen molar-refractivity contribution in [2.45, 2.75) is 12.8 Å². The molecule has 1 heterocycles. The lowest BCUT2D eigenvalue weighted by Crippen LogP contribution is -2.43. The van der Waals surface area contributed by atoms with E-state index in [9.17, 15) is 14.4 Å². The van der Waals surface area contributed by atoms with Crippen LogP contribution in [0, 0.1) is 0 Å². The Balaban J connectivity index is 1.66. The largest absolute Gasteiger partial charge is 0.451 e. The van der Waals surface area contributed by atoms with Gasteiger partial charge in [0, 0.05) is 18.0 Å². The van der Waals surface area contributed by atoms with E-state index in [0.29, 0.717) is 18.0 Å². The molecule has 0 spiro atoms. The number of halogens is 1. The molecule has 0 saturated carbocycles. The van der Waals surface area contributed by atoms with Crippen molar-refractivity contribution in [3.63, 3.8) is 0 Å². The molecular formula is C15H16ClN3O4. The second-order valence-corrected chi connectivity index (χ2v) is 5.23. The number of amides is 2. The highest BCUT2D eigenvalue weighted by atomic mass is 35.5. The molecule has 0 unspecified atom stereocenters. The second-order valence-electron chi connectivity index (χ2n) is 4.80. The fraction of sp³-hybridized carbons (Fsp3) is 0.267. The number of carbonyl (C=O) groups is 3. The number of ether oxygens (including phenoxy) is 1. The van der Waals surface area contributed by atoms with Gasteiger partial charge in [-0.25, -0.2) is 4.79 Å². The van der Waals surface area contributed by atoms with Gasteiger partial charge in [-0.05, 0) is 30.2 Å². The van der Waals surface area contributed by atoms with E-state index >= 15 is 0 Å². The van der Waals surface area contributed by atoms with Gasteiger partial charge in [-0.1, -0.05) is 23.7 Å². The van der Waals surface area contributed by atoms with Gasteiger partial charge in [-0.15, -0.1) is 0 Å². The zero-order valence-corrected chi connectivity index (χ0v) is 13.0. The van der Waals surface area contributed by atoms with Gasteiger partial charge in [-0.2, -0.15) is 0 Å². The molecule has 7 nitrogen and oxygen atoms in total. The molecule has 1 aliphatic rings. The van der Waals surface area contributed by atoms with Crippen molar-refractivity contribution in [2.75, 3.05) is 13.2 Å². The van der Waals surface area contributed by atoms with Crippen LogP contribution in [-0.2, 0) is 25.5 Å². The first-order valence-electron chi connectivity index (χ1n) is 6.98. The SMILES string of the molecule is O=C(COC(=O)C1=CCC(=O)NN1)NCCc1ccc(Cl)cc1. The van der Waals surface area contributed by atoms with Crippen LogP contribution in [0.1, 0.15) is 12.0 Å². The van der Waals surface area contributed by atoms with E-state index in [1.807, 2.05) is 12.1 Å². The van der Waals surface area contributed by atoms with Crippen molar-refractivity contribution < 1.29 is 19.1 Å². The maximum absolute atomic E-state index is 11.6. The highest BCUT2D eigenvalue weighted by molar-refractivity contribution is 6.30. The standard InChI is InChI=1S/C15H16ClN3O4/c16-11-3-1-10(2-4-11)7-8-17-14(21)9-23-15(22)12-5-6-13(20)19-18-12/h1-5,18H,6-9H2,(H,17,21)(H,19,20). The van der Waals surface area contributed by atoms with Gasteiger partial charge in [-0.3, -0.25) is 20.4 Å². The number of esters is 1. The van der Waals surface area contributed by atoms with Crippen molar-refractivity contribution in [2.24, 2.45) is 0 Å². The Kier molecular flexibility index (Phi) is 5.99. The molecule has 0 aliphatic carbocycles. The first-order chi connectivity index (χ1) is 11.0. The molecule has 3 N–H and O–H groups in total. The van der Waals surface area contributed by atoms with E-state index in [1.54, 1.807) is 12.1 Å². The van der Waals surface area contributed by atoms with E-state index in [-0.39, 0.29) is 24.6 Å². The summed E-state index contributed by atoms with van der Waals surface area (Å²) in [7, 11) is 0. The number of rotatable bonds is 6. The predicted octanol–water partition coefficient (Wildman–Crippen LogP) is 0.450. The highest BCUT2D eigenvalue weighted by Gasteiger charge is 2.17. The monoisotopic (exact) mass is 337 g/mol. The van der Waals surface area contributed by atoms with E-state index in [1.165, 1.54) is 6.08 Å². The molecule has 23 heavy (non-hydrogen) atoms. The van der Waals surface area contributed by atoms with Crippen molar-refractivity contribution in [3.8, 4) is 0 Å². The minimum Gasteiger partial charge on any atom is -0.451 e. The molecule has 0 bridgehead atoms. The van der Waals surface area contributed by atoms with Gasteiger partial charge in [0.25, 0.3) is 5.91 Å². The Morgan fingerprint density at radius 1 is 1.22 bits per heavy atom. The van der Waals surface area contributed by atoms with Crippen LogP contribution in [0.5, 0.6) is 0 Å². The molecule has 122 valence electrons. The number of carbonyl (C=O) groups excluding carboxylic acids is 3. The van der Waals surface area contributed by atoms with Crippen LogP contribution in [0.3, 0.4) is 0 Å². The molecule has 0 radical (unpaired) electrons. The van der Waals surface area contributed by atoms with Gasteiger partial charge in [0.2, 0.25) is 5.91 Å². The summed E-state index contributed by atoms with van der Waals surface area (Å²) in [5.74, 6) is -1.34. The molecule has 0 atom stereocenters. The minimum atomic E-state index is -0.696. The van der Waals surface area contributed by atoms with Crippen LogP contribution < -0.4 is 16.2 Å². The summed E-state index contributed by atoms with van der Waals surface area (Å²) < 4.78 is 4.85. The van der Waals surface area contributed by atoms with Gasteiger partial charge in [0.15, 0.2) is 6.61 Å². The lowest BCUT2D eigenvalue weighted by atomic mass is 10.1. The zero-order chi connectivity index (χ0) is 16.7. The van der Waals surface area contributed by atoms with Crippen LogP contribution in [0.15, 0.2) is 36.0 Å². The van der Waals surface area contributed by atoms with E-state index in [2.05, 4.69) is 16.2 Å². The Bertz CT molecular complexity index is 628. The topological polar surface area (TPSA) is 96.5 Å². The van der Waals surface area contributed by atoms with Crippen LogP contribution >= 0.6 is 11.6 Å². The van der Waals surface area contributed by atoms with Crippen molar-refractivity contribution >= 4 is 29.4 Å². The van der Waals surface area contributed by atoms with E-state index < -0.39 is 11.9 Å². The molecule has 0 saturated heterocycles. The first kappa shape index (κ1) is 16.8. The fourth-order valence-electron chi connectivity index (χ4n) is 1.83. The molecule has 0 aromatic heterocycles. The minimum absolute atomic E-state index is 0.0880. The molecule has 1 aromatic carbocycles. The Hall–Kier alpha value is -2.54. The summed E-state index contributed by atoms with van der Waals surface area (Å²) in [4.78, 5) is 34.2. The average Bonchev–Trinajstić information content (AvgIpc) is 2.55. The number of hydrogen-bond donors (Lipinski definition) is 3. The Morgan fingerprint density at radius 3 is 2.61 bits per heavy atom. The van der Waals surface area contributed by atoms with Crippen LogP contribution in [0.2, 0.25) is 5.02 Å². The smallest absolute Gasteiger partial charge is 0.356 e. The Labute approximate surface area is 138 Å². The molecule has 0 fully saturated rings. The van der Waals surface area contributed by atoms with Crippen molar-refractivity contribution in [1.29, 1.82) is 0 Å². The van der Waals surface area contributed by atoms with E-state index in [0.717, 1.165) is 5.56 Å². The lowest BCUT2D eigenvalue weighted by molar-refractivity contribution is -0.145. The normalized spacial score (nSPS) is 13.4. The van der Waals surface area contributed by atoms with Crippen LogP contribution in [0.25, 0.3) is 0 Å². The van der Waals surface area contributed by atoms with E-state index in [4.69, 9.17) is 16.3 Å². The van der Waals surface area contributed by atoms with Crippen molar-refractivity contribution in [3.05, 3.63) is 46.6 Å². The zero-order valence-electron chi connectivity index (χ0n) is 12.2. The third-order valence-electron chi connectivity index (χ3n) is 3.03. The summed E-state index contributed by atoms with van der Waals surface area (Å²) in [5, 5.41) is 3.31. The lowest BCUT2D eigenvalue weighted by Gasteiger charge is -2.15. The number of benzene rings is 1. The summed E-state index contributed by atoms with van der Waals surface area (Å²) >= 11 is 5.79. The molecular weight excluding hydrogens is 322 g/mol. The second kappa shape index (κ2) is 8.19. The molecule has 2 rings (SSSR count). The van der Waals surface area contributed by atoms with Crippen molar-refractivity contribution in [1.82, 2.24) is 16.2 Å². The fourth-order valence-corrected chi connectivity index (χ4v) is 1.95. The van der Waals surface area contributed by atoms with Gasteiger partial charge in [0.1, 0.15) is 5.70 Å². The summed E-state index contributed by atoms with van der Waals surface area (Å²) in [6, 6.07) is 7.32. The number of hydrogen-bond acceptors (Lipinski definition) is 5. The highest BCUT2D eigenvalue weighted by Crippen LogP contribution is 2.09. The average molecular weight is 338 g/mol. The maximum atomic E-state index is 11.6. The predicted molar refractivity (Wildman–Crippen MR) is 83.1 cm³/mol. The summed E-state index contributed by atoms with van der Waals surface area (Å²) in [5.41, 5.74) is 5.85. The molecule has 1 aromatic rings. The number of nitrogens with one attached hydrogen (secondary N) is 3. The Morgan fingerprint density at radius 2 is 1.96 bits per heavy atom. The third-order valence-corrected chi connectivity index (χ3v) is 3.28. The van der Waals surface area contributed by atoms with Crippen LogP contribution in [-0.4, -0.2) is 30.9 Å². The summed E-state index contributed by atoms with van der Waals surface area (Å²) in [6.07, 6.45) is 2.14. The van der Waals surface area contributed by atoms with Gasteiger partial charge < -0.3 is 10.1 Å². The molecule has 8 heteroatoms. The first-order valence-corrected chi connectivity index (χ1v) is 7.35. The van der Waals surface area contributed by atoms with Gasteiger partial charge in [0.05, 0.1) is 0 Å². The third kappa shape index (κ3) is 5.63. The number of hydrazine groups is 1. The van der Waals surface area contributed by atoms with Crippen LogP contribution in [0.4, 0.5) is 0 Å². The maximum Gasteiger partial charge on any atom is 0.356 e.